The zero-order valence-corrected chi connectivity index (χ0v) is 12.5. The smallest absolute Gasteiger partial charge is 0.252 e. The summed E-state index contributed by atoms with van der Waals surface area (Å²) in [6, 6.07) is 2.31. The summed E-state index contributed by atoms with van der Waals surface area (Å²) in [4.78, 5) is 11.9. The molecule has 1 unspecified atom stereocenters. The minimum Gasteiger partial charge on any atom is -0.349 e. The normalized spacial score (nSPS) is 23.3. The Morgan fingerprint density at radius 1 is 1.62 bits per heavy atom. The molecule has 1 amide bonds. The van der Waals surface area contributed by atoms with Crippen molar-refractivity contribution in [1.29, 1.82) is 0 Å². The van der Waals surface area contributed by atoms with Gasteiger partial charge < -0.3 is 5.32 Å². The first-order valence-electron chi connectivity index (χ1n) is 5.51. The van der Waals surface area contributed by atoms with Crippen LogP contribution < -0.4 is 5.32 Å². The average molecular weight is 349 g/mol. The van der Waals surface area contributed by atoms with Crippen molar-refractivity contribution in [2.75, 3.05) is 0 Å². The molecule has 16 heavy (non-hydrogen) atoms. The lowest BCUT2D eigenvalue weighted by Gasteiger charge is -2.17. The minimum atomic E-state index is 0.0851. The van der Waals surface area contributed by atoms with Crippen molar-refractivity contribution in [3.05, 3.63) is 19.9 Å². The predicted molar refractivity (Wildman–Crippen MR) is 75.9 cm³/mol. The lowest BCUT2D eigenvalue weighted by atomic mass is 9.92. The average Bonchev–Trinajstić information content (AvgIpc) is 2.73. The first-order chi connectivity index (χ1) is 7.46. The lowest BCUT2D eigenvalue weighted by molar-refractivity contribution is 0.0936. The Morgan fingerprint density at radius 3 is 2.88 bits per heavy atom. The highest BCUT2D eigenvalue weighted by molar-refractivity contribution is 14.1. The summed E-state index contributed by atoms with van der Waals surface area (Å²) in [6.07, 6.45) is 3.42. The Labute approximate surface area is 114 Å². The van der Waals surface area contributed by atoms with E-state index in [0.29, 0.717) is 11.5 Å². The number of rotatable bonds is 2. The Bertz CT molecular complexity index is 399. The Hall–Kier alpha value is -0.100. The highest BCUT2D eigenvalue weighted by Gasteiger charge is 2.31. The van der Waals surface area contributed by atoms with Crippen molar-refractivity contribution in [3.8, 4) is 0 Å². The molecule has 1 aromatic rings. The van der Waals surface area contributed by atoms with Gasteiger partial charge in [0.05, 0.1) is 8.45 Å². The van der Waals surface area contributed by atoms with Crippen LogP contribution in [0.3, 0.4) is 0 Å². The Balaban J connectivity index is 1.94. The molecule has 1 aromatic heterocycles. The van der Waals surface area contributed by atoms with E-state index in [4.69, 9.17) is 0 Å². The molecule has 1 N–H and O–H groups in total. The van der Waals surface area contributed by atoms with E-state index in [1.54, 1.807) is 11.3 Å². The monoisotopic (exact) mass is 349 g/mol. The van der Waals surface area contributed by atoms with Gasteiger partial charge in [-0.25, -0.2) is 0 Å². The molecule has 0 aliphatic heterocycles. The summed E-state index contributed by atoms with van der Waals surface area (Å²) in [5.74, 6) is 0.0851. The van der Waals surface area contributed by atoms with Gasteiger partial charge in [-0.2, -0.15) is 0 Å². The quantitative estimate of drug-likeness (QED) is 0.812. The first-order valence-corrected chi connectivity index (χ1v) is 7.47. The van der Waals surface area contributed by atoms with Crippen LogP contribution in [0.5, 0.6) is 0 Å². The van der Waals surface area contributed by atoms with Crippen molar-refractivity contribution in [2.45, 2.75) is 39.2 Å². The molecule has 0 saturated heterocycles. The summed E-state index contributed by atoms with van der Waals surface area (Å²) in [6.45, 7) is 4.54. The van der Waals surface area contributed by atoms with Gasteiger partial charge in [0.15, 0.2) is 0 Å². The summed E-state index contributed by atoms with van der Waals surface area (Å²) >= 11 is 3.86. The van der Waals surface area contributed by atoms with Gasteiger partial charge in [-0.05, 0) is 53.3 Å². The van der Waals surface area contributed by atoms with Gasteiger partial charge in [0.2, 0.25) is 0 Å². The standard InChI is InChI=1S/C12H16INOS/c1-12(2)4-3-9(6-12)14-11(15)8-5-10(13)16-7-8/h5,7,9H,3-4,6H2,1-2H3,(H,14,15). The largest absolute Gasteiger partial charge is 0.349 e. The van der Waals surface area contributed by atoms with E-state index in [2.05, 4.69) is 41.8 Å². The fourth-order valence-corrected chi connectivity index (χ4v) is 3.58. The maximum atomic E-state index is 11.9. The molecule has 4 heteroatoms. The maximum Gasteiger partial charge on any atom is 0.252 e. The molecule has 1 fully saturated rings. The van der Waals surface area contributed by atoms with Crippen LogP contribution in [0.2, 0.25) is 0 Å². The fourth-order valence-electron chi connectivity index (χ4n) is 2.26. The van der Waals surface area contributed by atoms with Crippen molar-refractivity contribution in [1.82, 2.24) is 5.32 Å². The predicted octanol–water partition coefficient (Wildman–Crippen LogP) is 3.66. The second-order valence-electron chi connectivity index (χ2n) is 5.22. The van der Waals surface area contributed by atoms with Gasteiger partial charge in [0.1, 0.15) is 0 Å². The van der Waals surface area contributed by atoms with Gasteiger partial charge in [-0.1, -0.05) is 13.8 Å². The first kappa shape index (κ1) is 12.4. The van der Waals surface area contributed by atoms with Crippen LogP contribution in [0.25, 0.3) is 0 Å². The molecule has 1 aliphatic rings. The van der Waals surface area contributed by atoms with Gasteiger partial charge in [0, 0.05) is 11.4 Å². The summed E-state index contributed by atoms with van der Waals surface area (Å²) in [7, 11) is 0. The maximum absolute atomic E-state index is 11.9. The van der Waals surface area contributed by atoms with E-state index in [0.717, 1.165) is 21.3 Å². The van der Waals surface area contributed by atoms with Crippen LogP contribution in [-0.2, 0) is 0 Å². The second kappa shape index (κ2) is 4.64. The summed E-state index contributed by atoms with van der Waals surface area (Å²) in [5.41, 5.74) is 1.19. The third-order valence-electron chi connectivity index (χ3n) is 3.13. The van der Waals surface area contributed by atoms with Crippen LogP contribution in [0, 0.1) is 8.30 Å². The van der Waals surface area contributed by atoms with Crippen molar-refractivity contribution in [2.24, 2.45) is 5.41 Å². The number of carbonyl (C=O) groups is 1. The molecule has 0 aromatic carbocycles. The molecular weight excluding hydrogens is 333 g/mol. The lowest BCUT2D eigenvalue weighted by Crippen LogP contribution is -2.33. The summed E-state index contributed by atoms with van der Waals surface area (Å²) < 4.78 is 1.16. The third-order valence-corrected chi connectivity index (χ3v) is 4.92. The number of thiophene rings is 1. The molecule has 1 heterocycles. The number of hydrogen-bond donors (Lipinski definition) is 1. The van der Waals surface area contributed by atoms with Crippen molar-refractivity contribution < 1.29 is 4.79 Å². The zero-order chi connectivity index (χ0) is 11.8. The third kappa shape index (κ3) is 2.97. The number of carbonyl (C=O) groups excluding carboxylic acids is 1. The van der Waals surface area contributed by atoms with Gasteiger partial charge in [-0.15, -0.1) is 11.3 Å². The van der Waals surface area contributed by atoms with Crippen molar-refractivity contribution in [3.63, 3.8) is 0 Å². The number of halogens is 1. The summed E-state index contributed by atoms with van der Waals surface area (Å²) in [5, 5.41) is 5.06. The minimum absolute atomic E-state index is 0.0851. The molecule has 1 saturated carbocycles. The topological polar surface area (TPSA) is 29.1 Å². The molecular formula is C12H16INOS. The SMILES string of the molecule is CC1(C)CCC(NC(=O)c2csc(I)c2)C1. The fraction of sp³-hybridized carbons (Fsp3) is 0.583. The molecule has 0 radical (unpaired) electrons. The highest BCUT2D eigenvalue weighted by atomic mass is 127. The van der Waals surface area contributed by atoms with Gasteiger partial charge in [0.25, 0.3) is 5.91 Å². The Morgan fingerprint density at radius 2 is 2.38 bits per heavy atom. The van der Waals surface area contributed by atoms with E-state index in [1.165, 1.54) is 6.42 Å². The van der Waals surface area contributed by atoms with E-state index < -0.39 is 0 Å². The highest BCUT2D eigenvalue weighted by Crippen LogP contribution is 2.37. The van der Waals surface area contributed by atoms with E-state index in [-0.39, 0.29) is 5.91 Å². The van der Waals surface area contributed by atoms with Gasteiger partial charge >= 0.3 is 0 Å². The zero-order valence-electron chi connectivity index (χ0n) is 9.55. The Kier molecular flexibility index (Phi) is 3.59. The molecule has 88 valence electrons. The molecule has 1 aliphatic carbocycles. The molecule has 1 atom stereocenters. The molecule has 2 rings (SSSR count). The van der Waals surface area contributed by atoms with Crippen LogP contribution in [-0.4, -0.2) is 11.9 Å². The van der Waals surface area contributed by atoms with E-state index >= 15 is 0 Å². The number of hydrogen-bond acceptors (Lipinski definition) is 2. The van der Waals surface area contributed by atoms with Crippen molar-refractivity contribution >= 4 is 39.8 Å². The van der Waals surface area contributed by atoms with Crippen LogP contribution >= 0.6 is 33.9 Å². The van der Waals surface area contributed by atoms with Crippen LogP contribution in [0.4, 0.5) is 0 Å². The second-order valence-corrected chi connectivity index (χ2v) is 8.02. The van der Waals surface area contributed by atoms with E-state index in [9.17, 15) is 4.79 Å². The number of amides is 1. The van der Waals surface area contributed by atoms with Gasteiger partial charge in [-0.3, -0.25) is 4.79 Å². The molecule has 2 nitrogen and oxygen atoms in total. The number of nitrogens with one attached hydrogen (secondary N) is 1. The van der Waals surface area contributed by atoms with E-state index in [1.807, 2.05) is 11.4 Å². The molecule has 0 bridgehead atoms. The van der Waals surface area contributed by atoms with Crippen LogP contribution in [0.1, 0.15) is 43.5 Å². The van der Waals surface area contributed by atoms with Crippen LogP contribution in [0.15, 0.2) is 11.4 Å². The molecule has 0 spiro atoms.